The van der Waals surface area contributed by atoms with E-state index < -0.39 is 0 Å². The van der Waals surface area contributed by atoms with Crippen molar-refractivity contribution in [2.45, 2.75) is 75.7 Å². The fourth-order valence-electron chi connectivity index (χ4n) is 1.35. The van der Waals surface area contributed by atoms with Crippen LogP contribution in [0.5, 0.6) is 0 Å². The Morgan fingerprint density at radius 1 is 0.774 bits per heavy atom. The van der Waals surface area contributed by atoms with Gasteiger partial charge in [0.25, 0.3) is 0 Å². The van der Waals surface area contributed by atoms with Crippen molar-refractivity contribution in [3.63, 3.8) is 0 Å². The Hall–Kier alpha value is -0.412. The molecule has 2 aromatic heterocycles. The number of allylic oxidation sites excluding steroid dienone is 6. The fourth-order valence-corrected chi connectivity index (χ4v) is 1.35. The monoisotopic (exact) mass is 574 g/mol. The summed E-state index contributed by atoms with van der Waals surface area (Å²) in [6.45, 7) is 26.2. The van der Waals surface area contributed by atoms with E-state index in [1.165, 1.54) is 11.4 Å². The first-order valence-corrected chi connectivity index (χ1v) is 9.39. The van der Waals surface area contributed by atoms with E-state index >= 15 is 0 Å². The van der Waals surface area contributed by atoms with E-state index in [-0.39, 0.29) is 72.8 Å². The van der Waals surface area contributed by atoms with E-state index in [2.05, 4.69) is 45.9 Å². The van der Waals surface area contributed by atoms with Crippen LogP contribution in [-0.4, -0.2) is 19.9 Å². The first kappa shape index (κ1) is 40.9. The van der Waals surface area contributed by atoms with E-state index in [4.69, 9.17) is 13.2 Å². The second kappa shape index (κ2) is 27.6. The second-order valence-electron chi connectivity index (χ2n) is 5.98. The standard InChI is InChI=1S/2C7H10.2C5H8N2.CH4.2Y/c2*1-5-7(4)6(2)3;2*1-2-5-3-6-4-7-5;;;/h2*2H,1,3-4H3;2*3-4H,2H2,1H3,(H,6,7);1H4;;/q2*-2;;;;;. The molecular weight excluding hydrogens is 534 g/mol. The molecule has 0 spiro atoms. The number of hydrogen-bond donors (Lipinski definition) is 2. The van der Waals surface area contributed by atoms with Crippen molar-refractivity contribution in [2.24, 2.45) is 0 Å². The zero-order chi connectivity index (χ0) is 21.9. The van der Waals surface area contributed by atoms with Gasteiger partial charge in [0.05, 0.1) is 12.7 Å². The molecule has 31 heavy (non-hydrogen) atoms. The van der Waals surface area contributed by atoms with Crippen molar-refractivity contribution in [3.8, 4) is 0 Å². The second-order valence-corrected chi connectivity index (χ2v) is 5.98. The van der Waals surface area contributed by atoms with Gasteiger partial charge in [-0.05, 0) is 12.8 Å². The molecule has 0 aromatic carbocycles. The molecule has 0 amide bonds. The minimum absolute atomic E-state index is 0. The number of aryl methyl sites for hydroxylation is 2. The minimum Gasteiger partial charge on any atom is -0.391 e. The zero-order valence-electron chi connectivity index (χ0n) is 19.9. The molecule has 0 aliphatic carbocycles. The summed E-state index contributed by atoms with van der Waals surface area (Å²) in [5.74, 6) is 0. The molecule has 0 aliphatic rings. The number of aromatic amines is 2. The third-order valence-electron chi connectivity index (χ3n) is 3.80. The van der Waals surface area contributed by atoms with Gasteiger partial charge in [-0.25, -0.2) is 9.97 Å². The van der Waals surface area contributed by atoms with E-state index in [1.807, 2.05) is 53.9 Å². The molecule has 2 radical (unpaired) electrons. The Bertz CT molecular complexity index is 636. The molecule has 170 valence electrons. The van der Waals surface area contributed by atoms with E-state index in [0.29, 0.717) is 0 Å². The summed E-state index contributed by atoms with van der Waals surface area (Å²) in [6, 6.07) is 0. The van der Waals surface area contributed by atoms with Crippen LogP contribution in [0.2, 0.25) is 0 Å². The van der Waals surface area contributed by atoms with Crippen molar-refractivity contribution in [2.75, 3.05) is 0 Å². The molecule has 2 rings (SSSR count). The largest absolute Gasteiger partial charge is 0.391 e. The molecule has 0 saturated heterocycles. The summed E-state index contributed by atoms with van der Waals surface area (Å²) in [5.41, 5.74) is 6.17. The molecular formula is C25H40N4Y2-4. The topological polar surface area (TPSA) is 57.4 Å². The molecule has 0 bridgehead atoms. The summed E-state index contributed by atoms with van der Waals surface area (Å²) >= 11 is 0. The molecule has 0 saturated carbocycles. The third-order valence-corrected chi connectivity index (χ3v) is 3.80. The normalized spacial score (nSPS) is 9.42. The van der Waals surface area contributed by atoms with Crippen molar-refractivity contribution in [1.29, 1.82) is 0 Å². The first-order valence-electron chi connectivity index (χ1n) is 9.39. The fraction of sp³-hybridized carbons (Fsp3) is 0.440. The third kappa shape index (κ3) is 25.7. The quantitative estimate of drug-likeness (QED) is 0.310. The molecule has 2 heterocycles. The Kier molecular flexibility index (Phi) is 36.4. The van der Waals surface area contributed by atoms with Gasteiger partial charge >= 0.3 is 0 Å². The van der Waals surface area contributed by atoms with Crippen LogP contribution >= 0.6 is 0 Å². The predicted molar refractivity (Wildman–Crippen MR) is 126 cm³/mol. The Morgan fingerprint density at radius 3 is 1.13 bits per heavy atom. The van der Waals surface area contributed by atoms with Crippen molar-refractivity contribution < 1.29 is 65.4 Å². The first-order chi connectivity index (χ1) is 13.2. The molecule has 4 nitrogen and oxygen atoms in total. The number of aromatic nitrogens is 4. The Labute approximate surface area is 242 Å². The van der Waals surface area contributed by atoms with E-state index in [9.17, 15) is 0 Å². The van der Waals surface area contributed by atoms with E-state index in [0.717, 1.165) is 35.1 Å². The number of rotatable bonds is 4. The number of hydrogen-bond acceptors (Lipinski definition) is 2. The van der Waals surface area contributed by atoms with Crippen LogP contribution in [0.4, 0.5) is 0 Å². The summed E-state index contributed by atoms with van der Waals surface area (Å²) in [4.78, 5) is 13.6. The van der Waals surface area contributed by atoms with Gasteiger partial charge in [-0.3, -0.25) is 0 Å². The van der Waals surface area contributed by atoms with Gasteiger partial charge in [-0.1, -0.05) is 21.3 Å². The Balaban J connectivity index is -0.0000000939. The number of nitrogens with one attached hydrogen (secondary N) is 2. The molecule has 6 heteroatoms. The SMILES string of the molecule is C.CCc1cnc[nH]1.CCc1cnc[nH]1.[CH-]=C(C)C(C)=[C-]C.[CH-]=C(C)C(C)=[C-]C.[Y].[Y]. The molecule has 2 N–H and O–H groups in total. The van der Waals surface area contributed by atoms with Crippen LogP contribution in [0.15, 0.2) is 47.3 Å². The van der Waals surface area contributed by atoms with E-state index in [1.54, 1.807) is 12.7 Å². The zero-order valence-corrected chi connectivity index (χ0v) is 25.6. The number of imidazole rings is 2. The van der Waals surface area contributed by atoms with Crippen molar-refractivity contribution in [3.05, 3.63) is 84.0 Å². The summed E-state index contributed by atoms with van der Waals surface area (Å²) < 4.78 is 0. The van der Waals surface area contributed by atoms with Gasteiger partial charge in [0, 0.05) is 89.2 Å². The summed E-state index contributed by atoms with van der Waals surface area (Å²) in [6.07, 6.45) is 15.0. The van der Waals surface area contributed by atoms with Gasteiger partial charge in [-0.2, -0.15) is 0 Å². The maximum Gasteiger partial charge on any atom is 0.0921 e. The molecule has 0 fully saturated rings. The maximum absolute atomic E-state index is 5.36. The summed E-state index contributed by atoms with van der Waals surface area (Å²) in [5, 5.41) is 0. The average Bonchev–Trinajstić information content (AvgIpc) is 3.41. The molecule has 0 unspecified atom stereocenters. The van der Waals surface area contributed by atoms with Gasteiger partial charge in [0.2, 0.25) is 0 Å². The molecule has 2 aromatic rings. The van der Waals surface area contributed by atoms with Crippen LogP contribution in [0, 0.1) is 25.3 Å². The molecule has 0 aliphatic heterocycles. The van der Waals surface area contributed by atoms with Gasteiger partial charge < -0.3 is 57.6 Å². The smallest absolute Gasteiger partial charge is 0.0921 e. The van der Waals surface area contributed by atoms with Crippen LogP contribution in [-0.2, 0) is 78.3 Å². The van der Waals surface area contributed by atoms with Crippen LogP contribution in [0.25, 0.3) is 0 Å². The molecule has 0 atom stereocenters. The van der Waals surface area contributed by atoms with Gasteiger partial charge in [-0.15, -0.1) is 41.5 Å². The van der Waals surface area contributed by atoms with Gasteiger partial charge in [0.15, 0.2) is 0 Å². The van der Waals surface area contributed by atoms with Crippen molar-refractivity contribution >= 4 is 0 Å². The predicted octanol–water partition coefficient (Wildman–Crippen LogP) is 6.85. The number of H-pyrrole nitrogens is 2. The van der Waals surface area contributed by atoms with Crippen LogP contribution in [0.1, 0.15) is 74.2 Å². The maximum atomic E-state index is 5.36. The minimum atomic E-state index is 0. The van der Waals surface area contributed by atoms with Gasteiger partial charge in [0.1, 0.15) is 0 Å². The van der Waals surface area contributed by atoms with Crippen LogP contribution < -0.4 is 0 Å². The van der Waals surface area contributed by atoms with Crippen LogP contribution in [0.3, 0.4) is 0 Å². The summed E-state index contributed by atoms with van der Waals surface area (Å²) in [7, 11) is 0. The van der Waals surface area contributed by atoms with Crippen molar-refractivity contribution in [1.82, 2.24) is 19.9 Å². The number of nitrogens with zero attached hydrogens (tertiary/aromatic N) is 2. The average molecular weight is 574 g/mol. The Morgan fingerprint density at radius 2 is 1.06 bits per heavy atom.